The lowest BCUT2D eigenvalue weighted by Crippen LogP contribution is -2.50. The van der Waals surface area contributed by atoms with Crippen LogP contribution < -0.4 is 0 Å². The molecule has 174 valence electrons. The van der Waals surface area contributed by atoms with Gasteiger partial charge in [-0.3, -0.25) is 9.69 Å². The van der Waals surface area contributed by atoms with Gasteiger partial charge < -0.3 is 19.1 Å². The van der Waals surface area contributed by atoms with Gasteiger partial charge in [0.2, 0.25) is 0 Å². The van der Waals surface area contributed by atoms with E-state index >= 15 is 0 Å². The van der Waals surface area contributed by atoms with Crippen molar-refractivity contribution < 1.29 is 28.2 Å². The van der Waals surface area contributed by atoms with E-state index in [0.717, 1.165) is 18.7 Å². The molecule has 1 aliphatic heterocycles. The first-order chi connectivity index (χ1) is 14.6. The summed E-state index contributed by atoms with van der Waals surface area (Å²) < 4.78 is 29.2. The van der Waals surface area contributed by atoms with Gasteiger partial charge in [0.05, 0.1) is 19.1 Å². The van der Waals surface area contributed by atoms with Crippen LogP contribution in [0, 0.1) is 11.7 Å². The summed E-state index contributed by atoms with van der Waals surface area (Å²) in [7, 11) is 2.97. The quantitative estimate of drug-likeness (QED) is 0.578. The molecule has 2 atom stereocenters. The molecule has 1 aromatic carbocycles. The van der Waals surface area contributed by atoms with Crippen LogP contribution in [0.2, 0.25) is 0 Å². The highest BCUT2D eigenvalue weighted by Gasteiger charge is 2.28. The molecule has 0 bridgehead atoms. The van der Waals surface area contributed by atoms with E-state index in [9.17, 15) is 14.0 Å². The molecule has 1 heterocycles. The molecule has 7 nitrogen and oxygen atoms in total. The van der Waals surface area contributed by atoms with E-state index in [4.69, 9.17) is 14.2 Å². The van der Waals surface area contributed by atoms with Crippen LogP contribution in [0.25, 0.3) is 0 Å². The predicted molar refractivity (Wildman–Crippen MR) is 115 cm³/mol. The van der Waals surface area contributed by atoms with Gasteiger partial charge in [0.15, 0.2) is 0 Å². The number of methoxy groups -OCH3 is 2. The van der Waals surface area contributed by atoms with E-state index in [-0.39, 0.29) is 29.9 Å². The van der Waals surface area contributed by atoms with Gasteiger partial charge in [-0.15, -0.1) is 0 Å². The Kier molecular flexibility index (Phi) is 9.25. The third-order valence-corrected chi connectivity index (χ3v) is 5.38. The third kappa shape index (κ3) is 8.10. The highest BCUT2D eigenvalue weighted by atomic mass is 19.1. The molecule has 31 heavy (non-hydrogen) atoms. The lowest BCUT2D eigenvalue weighted by Gasteiger charge is -2.36. The molecule has 0 saturated carbocycles. The number of carbonyl (C=O) groups is 2. The van der Waals surface area contributed by atoms with Crippen LogP contribution in [-0.2, 0) is 19.0 Å². The van der Waals surface area contributed by atoms with Gasteiger partial charge >= 0.3 is 12.1 Å². The van der Waals surface area contributed by atoms with Crippen molar-refractivity contribution in [2.75, 3.05) is 46.9 Å². The summed E-state index contributed by atoms with van der Waals surface area (Å²) in [6.07, 6.45) is 0.447. The first kappa shape index (κ1) is 25.1. The summed E-state index contributed by atoms with van der Waals surface area (Å²) in [6, 6.07) is 6.12. The molecule has 8 heteroatoms. The summed E-state index contributed by atoms with van der Waals surface area (Å²) in [5, 5.41) is 0. The highest BCUT2D eigenvalue weighted by Crippen LogP contribution is 2.27. The second-order valence-electron chi connectivity index (χ2n) is 8.83. The average molecular weight is 439 g/mol. The lowest BCUT2D eigenvalue weighted by atomic mass is 9.93. The van der Waals surface area contributed by atoms with Crippen LogP contribution in [0.5, 0.6) is 0 Å². The zero-order valence-corrected chi connectivity index (χ0v) is 19.2. The van der Waals surface area contributed by atoms with Crippen LogP contribution in [0.15, 0.2) is 24.3 Å². The maximum atomic E-state index is 13.2. The summed E-state index contributed by atoms with van der Waals surface area (Å²) in [6.45, 7) is 8.90. The fourth-order valence-corrected chi connectivity index (χ4v) is 3.62. The number of esters is 1. The van der Waals surface area contributed by atoms with Crippen molar-refractivity contribution in [3.8, 4) is 0 Å². The molecular formula is C23H35FN2O5. The molecule has 1 aromatic rings. The van der Waals surface area contributed by atoms with Crippen LogP contribution in [0.1, 0.15) is 45.3 Å². The number of hydrogen-bond donors (Lipinski definition) is 0. The summed E-state index contributed by atoms with van der Waals surface area (Å²) in [5.74, 6) is -0.936. The van der Waals surface area contributed by atoms with Crippen LogP contribution in [0.3, 0.4) is 0 Å². The molecule has 1 aliphatic rings. The van der Waals surface area contributed by atoms with Gasteiger partial charge in [0.25, 0.3) is 0 Å². The Bertz CT molecular complexity index is 712. The number of amides is 1. The van der Waals surface area contributed by atoms with Gasteiger partial charge in [-0.2, -0.15) is 0 Å². The lowest BCUT2D eigenvalue weighted by molar-refractivity contribution is -0.147. The minimum Gasteiger partial charge on any atom is -0.469 e. The van der Waals surface area contributed by atoms with Crippen LogP contribution >= 0.6 is 0 Å². The zero-order chi connectivity index (χ0) is 23.0. The maximum Gasteiger partial charge on any atom is 0.410 e. The second-order valence-corrected chi connectivity index (χ2v) is 8.83. The van der Waals surface area contributed by atoms with Crippen molar-refractivity contribution in [2.24, 2.45) is 5.92 Å². The van der Waals surface area contributed by atoms with Crippen molar-refractivity contribution in [3.63, 3.8) is 0 Å². The van der Waals surface area contributed by atoms with Gasteiger partial charge in [0.1, 0.15) is 11.4 Å². The zero-order valence-electron chi connectivity index (χ0n) is 19.2. The van der Waals surface area contributed by atoms with E-state index in [0.29, 0.717) is 32.5 Å². The topological polar surface area (TPSA) is 68.3 Å². The molecule has 0 radical (unpaired) electrons. The molecule has 0 N–H and O–H groups in total. The average Bonchev–Trinajstić information content (AvgIpc) is 2.73. The molecule has 0 aliphatic carbocycles. The molecular weight excluding hydrogens is 403 g/mol. The van der Waals surface area contributed by atoms with Gasteiger partial charge in [-0.1, -0.05) is 12.1 Å². The molecule has 1 amide bonds. The highest BCUT2D eigenvalue weighted by molar-refractivity contribution is 5.72. The first-order valence-electron chi connectivity index (χ1n) is 10.7. The van der Waals surface area contributed by atoms with E-state index in [1.165, 1.54) is 19.2 Å². The SMILES string of the molecule is COC(=O)[C@@H](CCN1CCN(C(=O)OC(C)(C)C)CC1)C[C@@H](OC)c1ccc(F)cc1. The molecule has 0 aromatic heterocycles. The Morgan fingerprint density at radius 2 is 1.68 bits per heavy atom. The minimum atomic E-state index is -0.510. The molecule has 1 saturated heterocycles. The number of nitrogens with zero attached hydrogens (tertiary/aromatic N) is 2. The normalized spacial score (nSPS) is 17.2. The Morgan fingerprint density at radius 3 is 2.19 bits per heavy atom. The van der Waals surface area contributed by atoms with Gasteiger partial charge in [0, 0.05) is 33.3 Å². The maximum absolute atomic E-state index is 13.2. The molecule has 0 spiro atoms. The Hall–Kier alpha value is -2.19. The fourth-order valence-electron chi connectivity index (χ4n) is 3.62. The van der Waals surface area contributed by atoms with Crippen molar-refractivity contribution in [3.05, 3.63) is 35.6 Å². The Labute approximate surface area is 184 Å². The number of hydrogen-bond acceptors (Lipinski definition) is 6. The number of halogens is 1. The summed E-state index contributed by atoms with van der Waals surface area (Å²) in [5.41, 5.74) is 0.313. The van der Waals surface area contributed by atoms with Gasteiger partial charge in [-0.05, 0) is 57.9 Å². The van der Waals surface area contributed by atoms with Crippen molar-refractivity contribution in [2.45, 2.75) is 45.3 Å². The predicted octanol–water partition coefficient (Wildman–Crippen LogP) is 3.64. The number of ether oxygens (including phenoxy) is 3. The van der Waals surface area contributed by atoms with Crippen LogP contribution in [-0.4, -0.2) is 74.4 Å². The minimum absolute atomic E-state index is 0.281. The number of benzene rings is 1. The molecule has 2 rings (SSSR count). The Morgan fingerprint density at radius 1 is 1.06 bits per heavy atom. The largest absolute Gasteiger partial charge is 0.469 e. The standard InChI is InChI=1S/C23H35FN2O5/c1-23(2,3)31-22(28)26-14-12-25(13-15-26)11-10-18(21(27)30-5)16-20(29-4)17-6-8-19(24)9-7-17/h6-9,18,20H,10-16H2,1-5H3/t18-,20+/m0/s1. The van der Waals surface area contributed by atoms with E-state index in [1.54, 1.807) is 24.1 Å². The molecule has 1 fully saturated rings. The summed E-state index contributed by atoms with van der Waals surface area (Å²) in [4.78, 5) is 28.5. The van der Waals surface area contributed by atoms with E-state index in [2.05, 4.69) is 4.90 Å². The third-order valence-electron chi connectivity index (χ3n) is 5.38. The van der Waals surface area contributed by atoms with Crippen molar-refractivity contribution in [1.82, 2.24) is 9.80 Å². The monoisotopic (exact) mass is 438 g/mol. The number of carbonyl (C=O) groups excluding carboxylic acids is 2. The van der Waals surface area contributed by atoms with Crippen molar-refractivity contribution in [1.29, 1.82) is 0 Å². The van der Waals surface area contributed by atoms with Crippen molar-refractivity contribution >= 4 is 12.1 Å². The van der Waals surface area contributed by atoms with Gasteiger partial charge in [-0.25, -0.2) is 9.18 Å². The number of piperazine rings is 1. The Balaban J connectivity index is 1.89. The van der Waals surface area contributed by atoms with Crippen LogP contribution in [0.4, 0.5) is 9.18 Å². The molecule has 0 unspecified atom stereocenters. The second kappa shape index (κ2) is 11.4. The van der Waals surface area contributed by atoms with E-state index < -0.39 is 5.60 Å². The smallest absolute Gasteiger partial charge is 0.410 e. The number of rotatable bonds is 8. The van der Waals surface area contributed by atoms with E-state index in [1.807, 2.05) is 20.8 Å². The summed E-state index contributed by atoms with van der Waals surface area (Å²) >= 11 is 0. The first-order valence-corrected chi connectivity index (χ1v) is 10.7. The fraction of sp³-hybridized carbons (Fsp3) is 0.652.